The first kappa shape index (κ1) is 17.4. The Morgan fingerprint density at radius 3 is 2.65 bits per heavy atom. The van der Waals surface area contributed by atoms with Gasteiger partial charge in [0.25, 0.3) is 5.91 Å². The van der Waals surface area contributed by atoms with Crippen LogP contribution in [0, 0.1) is 11.3 Å². The van der Waals surface area contributed by atoms with E-state index in [1.165, 1.54) is 35.6 Å². The monoisotopic (exact) mass is 366 g/mol. The molecular weight excluding hydrogens is 352 g/mol. The van der Waals surface area contributed by atoms with Crippen LogP contribution in [0.2, 0.25) is 0 Å². The number of nitrogens with zero attached hydrogens (tertiary/aromatic N) is 3. The van der Waals surface area contributed by atoms with Crippen molar-refractivity contribution in [3.8, 4) is 16.6 Å². The molecule has 130 valence electrons. The fraction of sp³-hybridized carbons (Fsp3) is 0.111. The normalized spacial score (nSPS) is 10.3. The lowest BCUT2D eigenvalue weighted by Gasteiger charge is -2.05. The highest BCUT2D eigenvalue weighted by Gasteiger charge is 2.19. The molecule has 1 amide bonds. The summed E-state index contributed by atoms with van der Waals surface area (Å²) in [5.74, 6) is -1.37. The molecule has 7 nitrogen and oxygen atoms in total. The zero-order chi connectivity index (χ0) is 18.5. The highest BCUT2D eigenvalue weighted by atomic mass is 32.1. The van der Waals surface area contributed by atoms with Crippen LogP contribution in [-0.2, 0) is 6.54 Å². The second-order valence-electron chi connectivity index (χ2n) is 5.38. The average Bonchev–Trinajstić information content (AvgIpc) is 3.29. The van der Waals surface area contributed by atoms with Crippen LogP contribution in [0.25, 0.3) is 10.6 Å². The molecule has 0 aliphatic heterocycles. The fourth-order valence-corrected chi connectivity index (χ4v) is 3.08. The number of aromatic carboxylic acids is 1. The minimum absolute atomic E-state index is 0.145. The summed E-state index contributed by atoms with van der Waals surface area (Å²) in [6.45, 7) is 0.398. The number of hydrogen-bond acceptors (Lipinski definition) is 5. The van der Waals surface area contributed by atoms with Crippen molar-refractivity contribution < 1.29 is 14.7 Å². The molecule has 0 saturated heterocycles. The van der Waals surface area contributed by atoms with Crippen LogP contribution >= 0.6 is 11.3 Å². The lowest BCUT2D eigenvalue weighted by molar-refractivity contribution is 0.0696. The molecule has 26 heavy (non-hydrogen) atoms. The quantitative estimate of drug-likeness (QED) is 0.694. The predicted octanol–water partition coefficient (Wildman–Crippen LogP) is 3.48. The van der Waals surface area contributed by atoms with E-state index < -0.39 is 5.97 Å². The van der Waals surface area contributed by atoms with Crippen LogP contribution in [0.1, 0.15) is 27.1 Å². The van der Waals surface area contributed by atoms with Gasteiger partial charge in [-0.1, -0.05) is 6.07 Å². The number of hydrogen-bond donors (Lipinski definition) is 2. The minimum atomic E-state index is -1.03. The van der Waals surface area contributed by atoms with Crippen molar-refractivity contribution in [2.24, 2.45) is 0 Å². The Morgan fingerprint density at radius 1 is 1.27 bits per heavy atom. The molecular formula is C18H14N4O3S. The SMILES string of the molecule is N#CCCn1cc(C(=O)Nc2ccc(C(=O)O)cc2)c(-c2cccs2)n1. The van der Waals surface area contributed by atoms with Crippen LogP contribution in [-0.4, -0.2) is 26.8 Å². The van der Waals surface area contributed by atoms with E-state index in [0.29, 0.717) is 29.9 Å². The minimum Gasteiger partial charge on any atom is -0.478 e. The van der Waals surface area contributed by atoms with E-state index in [4.69, 9.17) is 10.4 Å². The van der Waals surface area contributed by atoms with Gasteiger partial charge in [-0.15, -0.1) is 11.3 Å². The van der Waals surface area contributed by atoms with Crippen molar-refractivity contribution in [3.05, 3.63) is 59.1 Å². The van der Waals surface area contributed by atoms with Gasteiger partial charge in [0.2, 0.25) is 0 Å². The molecule has 0 bridgehead atoms. The topological polar surface area (TPSA) is 108 Å². The summed E-state index contributed by atoms with van der Waals surface area (Å²) in [5.41, 5.74) is 1.58. The maximum Gasteiger partial charge on any atom is 0.335 e. The van der Waals surface area contributed by atoms with E-state index in [0.717, 1.165) is 4.88 Å². The van der Waals surface area contributed by atoms with Gasteiger partial charge in [-0.2, -0.15) is 10.4 Å². The van der Waals surface area contributed by atoms with E-state index in [-0.39, 0.29) is 11.5 Å². The highest BCUT2D eigenvalue weighted by molar-refractivity contribution is 7.13. The van der Waals surface area contributed by atoms with E-state index >= 15 is 0 Å². The number of carbonyl (C=O) groups excluding carboxylic acids is 1. The Kier molecular flexibility index (Phi) is 5.10. The summed E-state index contributed by atoms with van der Waals surface area (Å²) in [7, 11) is 0. The fourth-order valence-electron chi connectivity index (χ4n) is 2.36. The first-order valence-corrected chi connectivity index (χ1v) is 8.59. The van der Waals surface area contributed by atoms with Crippen molar-refractivity contribution in [1.82, 2.24) is 9.78 Å². The molecule has 8 heteroatoms. The molecule has 0 fully saturated rings. The summed E-state index contributed by atoms with van der Waals surface area (Å²) < 4.78 is 1.58. The largest absolute Gasteiger partial charge is 0.478 e. The maximum absolute atomic E-state index is 12.7. The number of carboxylic acids is 1. The first-order valence-electron chi connectivity index (χ1n) is 7.71. The third-order valence-corrected chi connectivity index (χ3v) is 4.48. The average molecular weight is 366 g/mol. The Morgan fingerprint density at radius 2 is 2.04 bits per heavy atom. The molecule has 0 aliphatic carbocycles. The summed E-state index contributed by atoms with van der Waals surface area (Å²) in [5, 5.41) is 26.8. The van der Waals surface area contributed by atoms with Crippen LogP contribution in [0.3, 0.4) is 0 Å². The summed E-state index contributed by atoms with van der Waals surface area (Å²) in [4.78, 5) is 24.4. The summed E-state index contributed by atoms with van der Waals surface area (Å²) >= 11 is 1.47. The zero-order valence-corrected chi connectivity index (χ0v) is 14.4. The molecule has 2 heterocycles. The number of benzene rings is 1. The Labute approximate surface area is 153 Å². The molecule has 0 saturated carbocycles. The van der Waals surface area contributed by atoms with Crippen LogP contribution in [0.15, 0.2) is 48.0 Å². The van der Waals surface area contributed by atoms with E-state index in [2.05, 4.69) is 16.5 Å². The van der Waals surface area contributed by atoms with Gasteiger partial charge in [0.1, 0.15) is 5.69 Å². The molecule has 0 radical (unpaired) electrons. The van der Waals surface area contributed by atoms with E-state index in [9.17, 15) is 9.59 Å². The number of carboxylic acid groups (broad SMARTS) is 1. The lowest BCUT2D eigenvalue weighted by Crippen LogP contribution is -2.12. The van der Waals surface area contributed by atoms with Gasteiger partial charge < -0.3 is 10.4 Å². The van der Waals surface area contributed by atoms with E-state index in [1.807, 2.05) is 17.5 Å². The first-order chi connectivity index (χ1) is 12.6. The number of carbonyl (C=O) groups is 2. The smallest absolute Gasteiger partial charge is 0.335 e. The van der Waals surface area contributed by atoms with Crippen LogP contribution in [0.4, 0.5) is 5.69 Å². The van der Waals surface area contributed by atoms with Crippen molar-refractivity contribution in [3.63, 3.8) is 0 Å². The molecule has 0 unspecified atom stereocenters. The van der Waals surface area contributed by atoms with Crippen LogP contribution in [0.5, 0.6) is 0 Å². The van der Waals surface area contributed by atoms with Gasteiger partial charge in [0.05, 0.1) is 35.0 Å². The number of nitrogens with one attached hydrogen (secondary N) is 1. The summed E-state index contributed by atoms with van der Waals surface area (Å²) in [6, 6.07) is 11.7. The molecule has 3 aromatic rings. The standard InChI is InChI=1S/C18H14N4O3S/c19-8-2-9-22-11-14(16(21-22)15-3-1-10-26-15)17(23)20-13-6-4-12(5-7-13)18(24)25/h1,3-7,10-11H,2,9H2,(H,20,23)(H,24,25). The number of rotatable bonds is 6. The molecule has 0 aliphatic rings. The summed E-state index contributed by atoms with van der Waals surface area (Å²) in [6.07, 6.45) is 1.91. The molecule has 0 spiro atoms. The lowest BCUT2D eigenvalue weighted by atomic mass is 10.2. The molecule has 2 aromatic heterocycles. The zero-order valence-electron chi connectivity index (χ0n) is 13.5. The van der Waals surface area contributed by atoms with Crippen molar-refractivity contribution in [2.45, 2.75) is 13.0 Å². The molecule has 3 rings (SSSR count). The Bertz CT molecular complexity index is 969. The number of anilines is 1. The second kappa shape index (κ2) is 7.63. The van der Waals surface area contributed by atoms with Gasteiger partial charge in [0.15, 0.2) is 0 Å². The maximum atomic E-state index is 12.7. The van der Waals surface area contributed by atoms with Gasteiger partial charge in [-0.25, -0.2) is 4.79 Å². The third-order valence-electron chi connectivity index (χ3n) is 3.60. The Hall–Kier alpha value is -3.44. The molecule has 0 atom stereocenters. The number of aromatic nitrogens is 2. The van der Waals surface area contributed by atoms with Gasteiger partial charge in [0, 0.05) is 11.9 Å². The number of aryl methyl sites for hydroxylation is 1. The molecule has 2 N–H and O–H groups in total. The van der Waals surface area contributed by atoms with Crippen molar-refractivity contribution >= 4 is 28.9 Å². The predicted molar refractivity (Wildman–Crippen MR) is 97.1 cm³/mol. The van der Waals surface area contributed by atoms with Gasteiger partial charge >= 0.3 is 5.97 Å². The van der Waals surface area contributed by atoms with Crippen molar-refractivity contribution in [1.29, 1.82) is 5.26 Å². The third kappa shape index (κ3) is 3.79. The van der Waals surface area contributed by atoms with Gasteiger partial charge in [-0.05, 0) is 35.7 Å². The molecule has 1 aromatic carbocycles. The number of thiophene rings is 1. The number of nitriles is 1. The van der Waals surface area contributed by atoms with Gasteiger partial charge in [-0.3, -0.25) is 9.48 Å². The Balaban J connectivity index is 1.86. The van der Waals surface area contributed by atoms with E-state index in [1.54, 1.807) is 10.9 Å². The van der Waals surface area contributed by atoms with Crippen molar-refractivity contribution in [2.75, 3.05) is 5.32 Å². The number of amides is 1. The van der Waals surface area contributed by atoms with Crippen LogP contribution < -0.4 is 5.32 Å². The highest BCUT2D eigenvalue weighted by Crippen LogP contribution is 2.27. The second-order valence-corrected chi connectivity index (χ2v) is 6.32.